The molecule has 0 spiro atoms. The number of rotatable bonds is 6. The Balaban J connectivity index is 1.45. The Kier molecular flexibility index (Phi) is 5.31. The van der Waals surface area contributed by atoms with E-state index in [0.29, 0.717) is 18.2 Å². The number of carbonyl (C=O) groups excluding carboxylic acids is 1. The van der Waals surface area contributed by atoms with Crippen LogP contribution in [-0.2, 0) is 11.3 Å². The third kappa shape index (κ3) is 3.87. The van der Waals surface area contributed by atoms with Crippen LogP contribution in [0, 0.1) is 5.92 Å². The van der Waals surface area contributed by atoms with Crippen LogP contribution in [0.2, 0.25) is 0 Å². The van der Waals surface area contributed by atoms with Crippen molar-refractivity contribution >= 4 is 22.4 Å². The van der Waals surface area contributed by atoms with Gasteiger partial charge < -0.3 is 9.72 Å². The van der Waals surface area contributed by atoms with Crippen LogP contribution < -0.4 is 0 Å². The molecule has 2 aromatic carbocycles. The quantitative estimate of drug-likeness (QED) is 0.626. The summed E-state index contributed by atoms with van der Waals surface area (Å²) in [6.07, 6.45) is 1.13. The summed E-state index contributed by atoms with van der Waals surface area (Å²) in [5.74, 6) is 0.149. The predicted molar refractivity (Wildman–Crippen MR) is 113 cm³/mol. The Hall–Kier alpha value is -2.85. The van der Waals surface area contributed by atoms with Crippen LogP contribution in [-0.4, -0.2) is 35.5 Å². The lowest BCUT2D eigenvalue weighted by molar-refractivity contribution is 0.0520. The first-order valence-corrected chi connectivity index (χ1v) is 9.89. The van der Waals surface area contributed by atoms with Gasteiger partial charge >= 0.3 is 5.97 Å². The Morgan fingerprint density at radius 3 is 2.82 bits per heavy atom. The third-order valence-corrected chi connectivity index (χ3v) is 5.50. The van der Waals surface area contributed by atoms with Crippen LogP contribution >= 0.6 is 0 Å². The summed E-state index contributed by atoms with van der Waals surface area (Å²) in [4.78, 5) is 17.6. The highest BCUT2D eigenvalue weighted by Crippen LogP contribution is 2.32. The van der Waals surface area contributed by atoms with Gasteiger partial charge in [-0.15, -0.1) is 0 Å². The fourth-order valence-corrected chi connectivity index (χ4v) is 3.99. The lowest BCUT2D eigenvalue weighted by Crippen LogP contribution is -2.20. The summed E-state index contributed by atoms with van der Waals surface area (Å²) < 4.78 is 5.08. The van der Waals surface area contributed by atoms with E-state index in [9.17, 15) is 4.79 Å². The Labute approximate surface area is 165 Å². The molecule has 2 heterocycles. The van der Waals surface area contributed by atoms with Gasteiger partial charge in [-0.05, 0) is 60.7 Å². The van der Waals surface area contributed by atoms with Crippen molar-refractivity contribution < 1.29 is 9.53 Å². The fourth-order valence-electron chi connectivity index (χ4n) is 3.99. The second-order valence-electron chi connectivity index (χ2n) is 7.44. The van der Waals surface area contributed by atoms with Crippen LogP contribution in [0.1, 0.15) is 35.0 Å². The van der Waals surface area contributed by atoms with Gasteiger partial charge in [0.05, 0.1) is 6.61 Å². The zero-order valence-electron chi connectivity index (χ0n) is 16.3. The molecule has 0 bridgehead atoms. The highest BCUT2D eigenvalue weighted by atomic mass is 16.5. The lowest BCUT2D eigenvalue weighted by Gasteiger charge is -2.17. The molecule has 4 heteroatoms. The van der Waals surface area contributed by atoms with Gasteiger partial charge in [0.2, 0.25) is 0 Å². The minimum Gasteiger partial charge on any atom is -0.461 e. The maximum atomic E-state index is 12.0. The monoisotopic (exact) mass is 374 g/mol. The normalized spacial score (nSPS) is 17.1. The van der Waals surface area contributed by atoms with Gasteiger partial charge in [-0.1, -0.05) is 43.0 Å². The molecule has 28 heavy (non-hydrogen) atoms. The molecular weight excluding hydrogens is 348 g/mol. The lowest BCUT2D eigenvalue weighted by atomic mass is 9.92. The van der Waals surface area contributed by atoms with E-state index in [2.05, 4.69) is 58.9 Å². The van der Waals surface area contributed by atoms with E-state index in [1.807, 2.05) is 19.1 Å². The van der Waals surface area contributed by atoms with Crippen LogP contribution in [0.25, 0.3) is 16.5 Å². The number of likely N-dealkylation sites (tertiary alicyclic amines) is 1. The number of ether oxygens (including phenoxy) is 1. The number of carbonyl (C=O) groups is 1. The summed E-state index contributed by atoms with van der Waals surface area (Å²) in [6, 6.07) is 18.7. The number of benzene rings is 2. The molecule has 1 unspecified atom stereocenters. The van der Waals surface area contributed by atoms with Crippen molar-refractivity contribution in [3.8, 4) is 0 Å². The topological polar surface area (TPSA) is 45.3 Å². The Morgan fingerprint density at radius 2 is 2.04 bits per heavy atom. The molecule has 1 aromatic heterocycles. The molecule has 4 rings (SSSR count). The van der Waals surface area contributed by atoms with Gasteiger partial charge in [-0.2, -0.15) is 0 Å². The maximum absolute atomic E-state index is 12.0. The van der Waals surface area contributed by atoms with E-state index < -0.39 is 0 Å². The van der Waals surface area contributed by atoms with Gasteiger partial charge in [0.1, 0.15) is 5.69 Å². The highest BCUT2D eigenvalue weighted by molar-refractivity contribution is 5.95. The van der Waals surface area contributed by atoms with Gasteiger partial charge in [0, 0.05) is 24.0 Å². The van der Waals surface area contributed by atoms with Crippen LogP contribution in [0.4, 0.5) is 0 Å². The second kappa shape index (κ2) is 8.03. The van der Waals surface area contributed by atoms with Crippen molar-refractivity contribution in [3.05, 3.63) is 78.0 Å². The van der Waals surface area contributed by atoms with Crippen molar-refractivity contribution in [2.24, 2.45) is 5.92 Å². The first-order valence-electron chi connectivity index (χ1n) is 9.89. The van der Waals surface area contributed by atoms with Gasteiger partial charge in [-0.25, -0.2) is 4.79 Å². The van der Waals surface area contributed by atoms with Crippen LogP contribution in [0.15, 0.2) is 61.2 Å². The van der Waals surface area contributed by atoms with Crippen LogP contribution in [0.5, 0.6) is 0 Å². The van der Waals surface area contributed by atoms with E-state index in [0.717, 1.165) is 42.5 Å². The summed E-state index contributed by atoms with van der Waals surface area (Å²) in [7, 11) is 0. The van der Waals surface area contributed by atoms with E-state index in [-0.39, 0.29) is 5.97 Å². The molecule has 1 saturated heterocycles. The molecule has 1 fully saturated rings. The zero-order valence-corrected chi connectivity index (χ0v) is 16.3. The van der Waals surface area contributed by atoms with Crippen molar-refractivity contribution in [2.45, 2.75) is 19.9 Å². The van der Waals surface area contributed by atoms with Gasteiger partial charge in [-0.3, -0.25) is 4.90 Å². The largest absolute Gasteiger partial charge is 0.461 e. The predicted octanol–water partition coefficient (Wildman–Crippen LogP) is 4.88. The summed E-state index contributed by atoms with van der Waals surface area (Å²) in [6.45, 7) is 9.70. The average Bonchev–Trinajstić information content (AvgIpc) is 3.35. The molecule has 144 valence electrons. The minimum absolute atomic E-state index is 0.313. The Morgan fingerprint density at radius 1 is 1.21 bits per heavy atom. The van der Waals surface area contributed by atoms with E-state index >= 15 is 0 Å². The van der Waals surface area contributed by atoms with E-state index in [1.165, 1.54) is 11.1 Å². The smallest absolute Gasteiger partial charge is 0.354 e. The summed E-state index contributed by atoms with van der Waals surface area (Å²) in [5, 5.41) is 1.01. The summed E-state index contributed by atoms with van der Waals surface area (Å²) >= 11 is 0. The first-order chi connectivity index (χ1) is 13.6. The van der Waals surface area contributed by atoms with Crippen molar-refractivity contribution in [1.82, 2.24) is 9.88 Å². The number of nitrogens with zero attached hydrogens (tertiary/aromatic N) is 1. The number of esters is 1. The molecule has 1 atom stereocenters. The van der Waals surface area contributed by atoms with Crippen LogP contribution in [0.3, 0.4) is 0 Å². The van der Waals surface area contributed by atoms with Crippen molar-refractivity contribution in [2.75, 3.05) is 19.7 Å². The van der Waals surface area contributed by atoms with Crippen molar-refractivity contribution in [3.63, 3.8) is 0 Å². The number of nitrogens with one attached hydrogen (secondary N) is 1. The highest BCUT2D eigenvalue weighted by Gasteiger charge is 2.25. The standard InChI is InChI=1S/C24H26N2O2/c1-3-28-24(27)23-14-21-13-19(9-10-22(21)25-23)17(2)20-11-12-26(16-20)15-18-7-5-4-6-8-18/h4-10,13-14,20,25H,2-3,11-12,15-16H2,1H3. The molecule has 1 N–H and O–H groups in total. The number of aromatic nitrogens is 1. The first kappa shape index (κ1) is 18.5. The molecule has 1 aliphatic heterocycles. The number of hydrogen-bond acceptors (Lipinski definition) is 3. The molecule has 0 saturated carbocycles. The fraction of sp³-hybridized carbons (Fsp3) is 0.292. The molecule has 4 nitrogen and oxygen atoms in total. The minimum atomic E-state index is -0.313. The second-order valence-corrected chi connectivity index (χ2v) is 7.44. The van der Waals surface area contributed by atoms with Gasteiger partial charge in [0.15, 0.2) is 0 Å². The molecule has 1 aliphatic rings. The maximum Gasteiger partial charge on any atom is 0.354 e. The third-order valence-electron chi connectivity index (χ3n) is 5.50. The number of hydrogen-bond donors (Lipinski definition) is 1. The molecule has 0 amide bonds. The van der Waals surface area contributed by atoms with Gasteiger partial charge in [0.25, 0.3) is 0 Å². The molecule has 3 aromatic rings. The van der Waals surface area contributed by atoms with E-state index in [4.69, 9.17) is 4.74 Å². The number of fused-ring (bicyclic) bond motifs is 1. The zero-order chi connectivity index (χ0) is 19.5. The van der Waals surface area contributed by atoms with E-state index in [1.54, 1.807) is 0 Å². The van der Waals surface area contributed by atoms with Crippen molar-refractivity contribution in [1.29, 1.82) is 0 Å². The number of H-pyrrole nitrogens is 1. The molecule has 0 aliphatic carbocycles. The SMILES string of the molecule is C=C(c1ccc2[nH]c(C(=O)OCC)cc2c1)C1CCN(Cc2ccccc2)C1. The average molecular weight is 374 g/mol. The Bertz CT molecular complexity index is 990. The number of aromatic amines is 1. The molecular formula is C24H26N2O2. The summed E-state index contributed by atoms with van der Waals surface area (Å²) in [5.41, 5.74) is 5.12. The molecule has 0 radical (unpaired) electrons.